The summed E-state index contributed by atoms with van der Waals surface area (Å²) >= 11 is 0. The van der Waals surface area contributed by atoms with Crippen LogP contribution in [-0.2, 0) is 4.74 Å². The van der Waals surface area contributed by atoms with E-state index in [1.807, 2.05) is 0 Å². The fraction of sp³-hybridized carbons (Fsp3) is 0.571. The van der Waals surface area contributed by atoms with Crippen LogP contribution >= 0.6 is 0 Å². The molecule has 1 nitrogen and oxygen atoms in total. The average molecular weight is 111 g/mol. The minimum Gasteiger partial charge on any atom is -0.368 e. The Morgan fingerprint density at radius 2 is 2.38 bits per heavy atom. The van der Waals surface area contributed by atoms with Gasteiger partial charge < -0.3 is 4.74 Å². The molecule has 0 atom stereocenters. The molecule has 1 heteroatoms. The van der Waals surface area contributed by atoms with Gasteiger partial charge in [0.05, 0.1) is 0 Å². The van der Waals surface area contributed by atoms with Gasteiger partial charge in [0.15, 0.2) is 0 Å². The molecule has 1 aliphatic rings. The summed E-state index contributed by atoms with van der Waals surface area (Å²) in [4.78, 5) is 0. The first-order valence-electron chi connectivity index (χ1n) is 3.04. The van der Waals surface area contributed by atoms with E-state index in [2.05, 4.69) is 6.58 Å². The SMILES string of the molecule is C=C[C]1CCCCO1. The third-order valence-electron chi connectivity index (χ3n) is 1.33. The zero-order chi connectivity index (χ0) is 5.82. The molecule has 45 valence electrons. The summed E-state index contributed by atoms with van der Waals surface area (Å²) in [7, 11) is 0. The summed E-state index contributed by atoms with van der Waals surface area (Å²) in [6.07, 6.45) is 6.43. The molecule has 8 heavy (non-hydrogen) atoms. The molecule has 0 N–H and O–H groups in total. The lowest BCUT2D eigenvalue weighted by atomic mass is 10.1. The molecule has 0 aliphatic carbocycles. The van der Waals surface area contributed by atoms with E-state index in [-0.39, 0.29) is 0 Å². The predicted octanol–water partition coefficient (Wildman–Crippen LogP) is 1.90. The number of ether oxygens (including phenoxy) is 1. The van der Waals surface area contributed by atoms with Gasteiger partial charge in [0, 0.05) is 6.61 Å². The fourth-order valence-electron chi connectivity index (χ4n) is 0.838. The number of hydrogen-bond acceptors (Lipinski definition) is 1. The first kappa shape index (κ1) is 5.83. The van der Waals surface area contributed by atoms with Gasteiger partial charge in [-0.3, -0.25) is 0 Å². The van der Waals surface area contributed by atoms with Crippen molar-refractivity contribution in [3.63, 3.8) is 0 Å². The summed E-state index contributed by atoms with van der Waals surface area (Å²) in [5.41, 5.74) is 0. The van der Waals surface area contributed by atoms with E-state index in [0.29, 0.717) is 0 Å². The second-order valence-corrected chi connectivity index (χ2v) is 1.98. The Hall–Kier alpha value is -0.300. The van der Waals surface area contributed by atoms with Gasteiger partial charge in [0.1, 0.15) is 6.10 Å². The van der Waals surface area contributed by atoms with Crippen LogP contribution in [0, 0.1) is 6.10 Å². The van der Waals surface area contributed by atoms with Gasteiger partial charge in [-0.2, -0.15) is 0 Å². The van der Waals surface area contributed by atoms with Crippen molar-refractivity contribution >= 4 is 0 Å². The first-order chi connectivity index (χ1) is 3.93. The standard InChI is InChI=1S/C7H11O/c1-2-7-5-3-4-6-8-7/h2H,1,3-6H2. The molecule has 0 aromatic carbocycles. The van der Waals surface area contributed by atoms with Crippen molar-refractivity contribution in [1.29, 1.82) is 0 Å². The third kappa shape index (κ3) is 1.34. The van der Waals surface area contributed by atoms with Gasteiger partial charge >= 0.3 is 0 Å². The average Bonchev–Trinajstić information content (AvgIpc) is 1.90. The second kappa shape index (κ2) is 2.88. The molecule has 1 heterocycles. The van der Waals surface area contributed by atoms with E-state index in [1.165, 1.54) is 12.8 Å². The molecule has 0 aromatic rings. The molecule has 1 aliphatic heterocycles. The third-order valence-corrected chi connectivity index (χ3v) is 1.33. The molecule has 0 aromatic heterocycles. The van der Waals surface area contributed by atoms with Crippen LogP contribution in [0.2, 0.25) is 0 Å². The Labute approximate surface area is 50.3 Å². The summed E-state index contributed by atoms with van der Waals surface area (Å²) < 4.78 is 5.23. The first-order valence-corrected chi connectivity index (χ1v) is 3.04. The van der Waals surface area contributed by atoms with Crippen LogP contribution in [0.3, 0.4) is 0 Å². The van der Waals surface area contributed by atoms with Crippen molar-refractivity contribution in [3.05, 3.63) is 18.8 Å². The molecule has 0 saturated carbocycles. The van der Waals surface area contributed by atoms with Gasteiger partial charge in [0.25, 0.3) is 0 Å². The molecule has 0 amide bonds. The fourth-order valence-corrected chi connectivity index (χ4v) is 0.838. The van der Waals surface area contributed by atoms with Gasteiger partial charge in [-0.05, 0) is 19.3 Å². The van der Waals surface area contributed by atoms with E-state index in [1.54, 1.807) is 6.08 Å². The monoisotopic (exact) mass is 111 g/mol. The highest BCUT2D eigenvalue weighted by Gasteiger charge is 2.09. The molecule has 1 saturated heterocycles. The van der Waals surface area contributed by atoms with E-state index >= 15 is 0 Å². The minimum atomic E-state index is 0.890. The van der Waals surface area contributed by atoms with Gasteiger partial charge in [-0.15, -0.1) is 6.58 Å². The topological polar surface area (TPSA) is 9.23 Å². The Bertz CT molecular complexity index is 72.5. The lowest BCUT2D eigenvalue weighted by molar-refractivity contribution is 0.121. The molecule has 1 fully saturated rings. The van der Waals surface area contributed by atoms with Crippen molar-refractivity contribution in [3.8, 4) is 0 Å². The highest BCUT2D eigenvalue weighted by atomic mass is 16.5. The smallest absolute Gasteiger partial charge is 0.118 e. The summed E-state index contributed by atoms with van der Waals surface area (Å²) in [6, 6.07) is 0. The zero-order valence-electron chi connectivity index (χ0n) is 5.02. The molecular weight excluding hydrogens is 100 g/mol. The van der Waals surface area contributed by atoms with Crippen molar-refractivity contribution in [2.24, 2.45) is 0 Å². The molecular formula is C7H11O. The Morgan fingerprint density at radius 3 is 2.75 bits per heavy atom. The maximum absolute atomic E-state index is 5.23. The Kier molecular flexibility index (Phi) is 2.10. The molecule has 1 rings (SSSR count). The highest BCUT2D eigenvalue weighted by molar-refractivity contribution is 4.98. The van der Waals surface area contributed by atoms with Crippen LogP contribution in [0.15, 0.2) is 12.7 Å². The summed E-state index contributed by atoms with van der Waals surface area (Å²) in [5.74, 6) is 0. The van der Waals surface area contributed by atoms with Crippen LogP contribution in [0.5, 0.6) is 0 Å². The summed E-state index contributed by atoms with van der Waals surface area (Å²) in [6.45, 7) is 4.51. The largest absolute Gasteiger partial charge is 0.368 e. The Balaban J connectivity index is 2.22. The number of rotatable bonds is 1. The zero-order valence-corrected chi connectivity index (χ0v) is 5.02. The van der Waals surface area contributed by atoms with E-state index in [9.17, 15) is 0 Å². The maximum Gasteiger partial charge on any atom is 0.118 e. The normalized spacial score (nSPS) is 23.0. The van der Waals surface area contributed by atoms with Crippen molar-refractivity contribution in [2.45, 2.75) is 19.3 Å². The van der Waals surface area contributed by atoms with Gasteiger partial charge in [-0.1, -0.05) is 6.08 Å². The van der Waals surface area contributed by atoms with Crippen molar-refractivity contribution < 1.29 is 4.74 Å². The Morgan fingerprint density at radius 1 is 1.50 bits per heavy atom. The van der Waals surface area contributed by atoms with E-state index in [0.717, 1.165) is 19.1 Å². The van der Waals surface area contributed by atoms with Crippen molar-refractivity contribution in [1.82, 2.24) is 0 Å². The summed E-state index contributed by atoms with van der Waals surface area (Å²) in [5, 5.41) is 0. The number of hydrogen-bond donors (Lipinski definition) is 0. The van der Waals surface area contributed by atoms with E-state index in [4.69, 9.17) is 4.74 Å². The second-order valence-electron chi connectivity index (χ2n) is 1.98. The van der Waals surface area contributed by atoms with Crippen molar-refractivity contribution in [2.75, 3.05) is 6.61 Å². The minimum absolute atomic E-state index is 0.890. The molecule has 0 unspecified atom stereocenters. The highest BCUT2D eigenvalue weighted by Crippen LogP contribution is 2.18. The lowest BCUT2D eigenvalue weighted by Gasteiger charge is -2.16. The molecule has 0 bridgehead atoms. The van der Waals surface area contributed by atoms with Gasteiger partial charge in [-0.25, -0.2) is 0 Å². The lowest BCUT2D eigenvalue weighted by Crippen LogP contribution is -2.07. The van der Waals surface area contributed by atoms with Crippen LogP contribution in [0.4, 0.5) is 0 Å². The molecule has 0 spiro atoms. The van der Waals surface area contributed by atoms with Crippen LogP contribution in [0.25, 0.3) is 0 Å². The van der Waals surface area contributed by atoms with Crippen LogP contribution in [0.1, 0.15) is 19.3 Å². The van der Waals surface area contributed by atoms with Crippen LogP contribution < -0.4 is 0 Å². The maximum atomic E-state index is 5.23. The van der Waals surface area contributed by atoms with Gasteiger partial charge in [0.2, 0.25) is 0 Å². The molecule has 1 radical (unpaired) electrons. The van der Waals surface area contributed by atoms with Crippen LogP contribution in [-0.4, -0.2) is 6.61 Å². The van der Waals surface area contributed by atoms with E-state index < -0.39 is 0 Å². The predicted molar refractivity (Wildman–Crippen MR) is 33.2 cm³/mol. The quantitative estimate of drug-likeness (QED) is 0.502.